The number of halogens is 3. The number of fused-ring (bicyclic) bond motifs is 1. The van der Waals surface area contributed by atoms with Gasteiger partial charge in [0.05, 0.1) is 7.11 Å². The Bertz CT molecular complexity index is 835. The van der Waals surface area contributed by atoms with Crippen LogP contribution in [0.2, 0.25) is 0 Å². The van der Waals surface area contributed by atoms with Crippen molar-refractivity contribution < 1.29 is 35.8 Å². The molecule has 1 N–H and O–H groups in total. The minimum Gasteiger partial charge on any atom is -0.478 e. The van der Waals surface area contributed by atoms with Gasteiger partial charge in [0.1, 0.15) is 6.04 Å². The SMILES string of the molecule is COC1=NS(=O)(=O)N=C1N[C@@H](c1ccc2c(c1)OCO2)C(F)(F)F. The van der Waals surface area contributed by atoms with Gasteiger partial charge in [-0.1, -0.05) is 6.07 Å². The van der Waals surface area contributed by atoms with Crippen molar-refractivity contribution >= 4 is 21.9 Å². The Morgan fingerprint density at radius 1 is 1.25 bits per heavy atom. The molecule has 2 aliphatic rings. The van der Waals surface area contributed by atoms with E-state index in [2.05, 4.69) is 13.5 Å². The number of hydrogen-bond donors (Lipinski definition) is 1. The van der Waals surface area contributed by atoms with Crippen LogP contribution in [0.1, 0.15) is 11.6 Å². The first kappa shape index (κ1) is 16.4. The fourth-order valence-corrected chi connectivity index (χ4v) is 2.90. The maximum atomic E-state index is 13.4. The monoisotopic (exact) mass is 365 g/mol. The third-order valence-electron chi connectivity index (χ3n) is 3.14. The lowest BCUT2D eigenvalue weighted by atomic mass is 10.1. The van der Waals surface area contributed by atoms with Crippen LogP contribution in [-0.2, 0) is 14.9 Å². The van der Waals surface area contributed by atoms with E-state index in [0.717, 1.165) is 13.2 Å². The number of amidine groups is 1. The first-order valence-electron chi connectivity index (χ1n) is 6.41. The fraction of sp³-hybridized carbons (Fsp3) is 0.333. The summed E-state index contributed by atoms with van der Waals surface area (Å²) < 4.78 is 83.8. The predicted molar refractivity (Wildman–Crippen MR) is 75.3 cm³/mol. The van der Waals surface area contributed by atoms with Crippen molar-refractivity contribution in [2.75, 3.05) is 13.9 Å². The number of nitrogens with one attached hydrogen (secondary N) is 1. The highest BCUT2D eigenvalue weighted by Crippen LogP contribution is 2.39. The molecule has 0 unspecified atom stereocenters. The minimum atomic E-state index is -4.75. The second kappa shape index (κ2) is 5.54. The number of ether oxygens (including phenoxy) is 3. The molecule has 24 heavy (non-hydrogen) atoms. The zero-order valence-electron chi connectivity index (χ0n) is 12.0. The normalized spacial score (nSPS) is 19.5. The molecule has 0 fully saturated rings. The summed E-state index contributed by atoms with van der Waals surface area (Å²) in [7, 11) is -3.19. The van der Waals surface area contributed by atoms with Crippen molar-refractivity contribution in [2.24, 2.45) is 8.80 Å². The van der Waals surface area contributed by atoms with Gasteiger partial charge in [0.2, 0.25) is 12.6 Å². The topological polar surface area (TPSA) is 98.6 Å². The summed E-state index contributed by atoms with van der Waals surface area (Å²) in [6.45, 7) is -0.0890. The molecule has 130 valence electrons. The Morgan fingerprint density at radius 2 is 1.96 bits per heavy atom. The Balaban J connectivity index is 1.96. The Kier molecular flexibility index (Phi) is 3.78. The van der Waals surface area contributed by atoms with Crippen LogP contribution in [0.4, 0.5) is 13.2 Å². The van der Waals surface area contributed by atoms with E-state index >= 15 is 0 Å². The number of methoxy groups -OCH3 is 1. The van der Waals surface area contributed by atoms with E-state index in [9.17, 15) is 21.6 Å². The van der Waals surface area contributed by atoms with Gasteiger partial charge in [-0.2, -0.15) is 21.6 Å². The third-order valence-corrected chi connectivity index (χ3v) is 3.95. The van der Waals surface area contributed by atoms with E-state index in [4.69, 9.17) is 9.47 Å². The average Bonchev–Trinajstić information content (AvgIpc) is 3.05. The molecule has 1 aromatic carbocycles. The van der Waals surface area contributed by atoms with Crippen molar-refractivity contribution in [3.63, 3.8) is 0 Å². The fourth-order valence-electron chi connectivity index (χ4n) is 2.13. The van der Waals surface area contributed by atoms with E-state index in [1.807, 2.05) is 5.32 Å². The number of hydrogen-bond acceptors (Lipinski definition) is 6. The van der Waals surface area contributed by atoms with Crippen LogP contribution in [0.25, 0.3) is 0 Å². The summed E-state index contributed by atoms with van der Waals surface area (Å²) in [5.41, 5.74) is -0.214. The van der Waals surface area contributed by atoms with Crippen molar-refractivity contribution in [1.29, 1.82) is 0 Å². The second-order valence-corrected chi connectivity index (χ2v) is 5.98. The Morgan fingerprint density at radius 3 is 2.62 bits per heavy atom. The molecule has 3 rings (SSSR count). The molecule has 0 spiro atoms. The third kappa shape index (κ3) is 3.09. The van der Waals surface area contributed by atoms with Gasteiger partial charge in [-0.3, -0.25) is 0 Å². The molecular weight excluding hydrogens is 355 g/mol. The lowest BCUT2D eigenvalue weighted by Crippen LogP contribution is -2.41. The Hall–Kier alpha value is -2.50. The molecule has 8 nitrogen and oxygen atoms in total. The standard InChI is InChI=1S/C12H10F3N3O5S/c1-21-11-10(17-24(19,20)18-11)16-9(12(13,14)15)6-2-3-7-8(4-6)23-5-22-7/h2-4,9H,5H2,1H3,(H,16,17)/t9-/m0/s1. The quantitative estimate of drug-likeness (QED) is 0.849. The van der Waals surface area contributed by atoms with Crippen molar-refractivity contribution in [1.82, 2.24) is 5.32 Å². The molecule has 0 saturated carbocycles. The summed E-state index contributed by atoms with van der Waals surface area (Å²) in [5.74, 6) is -0.702. The summed E-state index contributed by atoms with van der Waals surface area (Å²) in [5, 5.41) is 2.01. The average molecular weight is 365 g/mol. The number of rotatable bonds is 2. The van der Waals surface area contributed by atoms with Crippen LogP contribution in [0, 0.1) is 0 Å². The van der Waals surface area contributed by atoms with Gasteiger partial charge in [0.15, 0.2) is 11.5 Å². The van der Waals surface area contributed by atoms with Crippen LogP contribution in [0.15, 0.2) is 27.0 Å². The van der Waals surface area contributed by atoms with Crippen LogP contribution in [0.3, 0.4) is 0 Å². The van der Waals surface area contributed by atoms with Gasteiger partial charge in [0, 0.05) is 0 Å². The van der Waals surface area contributed by atoms with Crippen LogP contribution in [-0.4, -0.2) is 40.2 Å². The molecule has 0 aromatic heterocycles. The molecule has 2 heterocycles. The zero-order chi connectivity index (χ0) is 17.5. The van der Waals surface area contributed by atoms with Gasteiger partial charge < -0.3 is 19.5 Å². The molecule has 0 radical (unpaired) electrons. The highest BCUT2D eigenvalue weighted by molar-refractivity contribution is 7.89. The molecule has 1 aromatic rings. The van der Waals surface area contributed by atoms with Gasteiger partial charge in [0.25, 0.3) is 5.90 Å². The van der Waals surface area contributed by atoms with E-state index in [1.54, 1.807) is 0 Å². The zero-order valence-corrected chi connectivity index (χ0v) is 12.8. The predicted octanol–water partition coefficient (Wildman–Crippen LogP) is 1.31. The number of alkyl halides is 3. The van der Waals surface area contributed by atoms with Crippen LogP contribution in [0.5, 0.6) is 11.5 Å². The van der Waals surface area contributed by atoms with Crippen molar-refractivity contribution in [3.8, 4) is 11.5 Å². The largest absolute Gasteiger partial charge is 0.478 e. The van der Waals surface area contributed by atoms with Gasteiger partial charge in [-0.05, 0) is 17.7 Å². The van der Waals surface area contributed by atoms with Gasteiger partial charge >= 0.3 is 16.4 Å². The molecule has 2 aliphatic heterocycles. The summed E-state index contributed by atoms with van der Waals surface area (Å²) in [4.78, 5) is 0. The van der Waals surface area contributed by atoms with Crippen molar-refractivity contribution in [2.45, 2.75) is 12.2 Å². The lowest BCUT2D eigenvalue weighted by molar-refractivity contribution is -0.153. The number of benzene rings is 1. The minimum absolute atomic E-state index is 0.0890. The molecule has 0 aliphatic carbocycles. The van der Waals surface area contributed by atoms with Crippen LogP contribution >= 0.6 is 0 Å². The van der Waals surface area contributed by atoms with Crippen molar-refractivity contribution in [3.05, 3.63) is 23.8 Å². The molecule has 1 atom stereocenters. The van der Waals surface area contributed by atoms with E-state index in [0.29, 0.717) is 5.75 Å². The Labute approximate surface area is 134 Å². The molecule has 0 amide bonds. The number of nitrogens with zero attached hydrogens (tertiary/aromatic N) is 2. The highest BCUT2D eigenvalue weighted by atomic mass is 32.2. The smallest absolute Gasteiger partial charge is 0.412 e. The highest BCUT2D eigenvalue weighted by Gasteiger charge is 2.43. The first-order chi connectivity index (χ1) is 11.2. The summed E-state index contributed by atoms with van der Waals surface area (Å²) in [6, 6.07) is 1.42. The molecule has 0 saturated heterocycles. The summed E-state index contributed by atoms with van der Waals surface area (Å²) >= 11 is 0. The first-order valence-corrected chi connectivity index (χ1v) is 7.81. The van der Waals surface area contributed by atoms with Crippen LogP contribution < -0.4 is 14.8 Å². The van der Waals surface area contributed by atoms with E-state index < -0.39 is 34.2 Å². The van der Waals surface area contributed by atoms with Gasteiger partial charge in [-0.25, -0.2) is 0 Å². The second-order valence-electron chi connectivity index (χ2n) is 4.72. The maximum Gasteiger partial charge on any atom is 0.412 e. The molecule has 0 bridgehead atoms. The molecular formula is C12H10F3N3O5S. The van der Waals surface area contributed by atoms with E-state index in [-0.39, 0.29) is 18.1 Å². The molecule has 12 heteroatoms. The lowest BCUT2D eigenvalue weighted by Gasteiger charge is -2.22. The van der Waals surface area contributed by atoms with Gasteiger partial charge in [-0.15, -0.1) is 8.80 Å². The maximum absolute atomic E-state index is 13.4. The van der Waals surface area contributed by atoms with E-state index in [1.165, 1.54) is 12.1 Å². The summed E-state index contributed by atoms with van der Waals surface area (Å²) in [6.07, 6.45) is -4.75.